The van der Waals surface area contributed by atoms with Gasteiger partial charge in [-0.25, -0.2) is 0 Å². The average molecular weight is 1060 g/mol. The molecule has 3 heterocycles. The van der Waals surface area contributed by atoms with E-state index in [0.29, 0.717) is 29.0 Å². The van der Waals surface area contributed by atoms with E-state index in [-0.39, 0.29) is 64.9 Å². The van der Waals surface area contributed by atoms with Crippen LogP contribution in [-0.4, -0.2) is 151 Å². The van der Waals surface area contributed by atoms with Gasteiger partial charge in [-0.1, -0.05) is 60.7 Å². The van der Waals surface area contributed by atoms with Gasteiger partial charge in [0.1, 0.15) is 48.1 Å². The minimum absolute atomic E-state index is 0.0150. The highest BCUT2D eigenvalue weighted by atomic mass is 16.5. The lowest BCUT2D eigenvalue weighted by molar-refractivity contribution is -0.142. The number of likely N-dealkylation sites (N-methyl/N-ethyl adjacent to an activating group) is 1. The van der Waals surface area contributed by atoms with E-state index in [4.69, 9.17) is 26.7 Å². The van der Waals surface area contributed by atoms with Crippen LogP contribution in [0.1, 0.15) is 55.2 Å². The quantitative estimate of drug-likeness (QED) is 0.0506. The van der Waals surface area contributed by atoms with Crippen molar-refractivity contribution in [1.82, 2.24) is 47.1 Å². The minimum Gasteiger partial charge on any atom is -0.492 e. The first-order valence-electron chi connectivity index (χ1n) is 25.2. The van der Waals surface area contributed by atoms with E-state index in [1.807, 2.05) is 42.5 Å². The van der Waals surface area contributed by atoms with E-state index >= 15 is 0 Å². The van der Waals surface area contributed by atoms with Gasteiger partial charge in [-0.05, 0) is 52.1 Å². The standard InChI is InChI=1S/C53H66N12O12/c1-65(31-44(56)67)51(74)42(28-34-5-4-20-57-30-34)62-49(72)41(29-43(55)66)61-47(70)38-14-15-45(68)58-21-16-46(69)59-39(26-32-9-12-37(13-10-32)77-24-19-54)48(71)60-40(27-33-8-11-35-6-2-3-7-36(35)25-33)50(73)64-53(52(75)63-38)17-22-76-23-18-53/h2-13,20,25,30,38-42H,14-19,21-24,26-29,31,54H2,1H3,(H2,55,66)(H2,56,67)(H,58,68)(H,59,69)(H,60,71)(H,61,70)(H,62,72)(H,63,75)(H,64,73)/t38-,39-,40-,41-,42-/m0/s1. The minimum atomic E-state index is -1.78. The van der Waals surface area contributed by atoms with Crippen molar-refractivity contribution >= 4 is 69.8 Å². The molecule has 24 heteroatoms. The average Bonchev–Trinajstić information content (AvgIpc) is 3.40. The molecule has 4 aromatic rings. The fourth-order valence-electron chi connectivity index (χ4n) is 8.88. The molecule has 2 aliphatic rings. The van der Waals surface area contributed by atoms with Crippen molar-refractivity contribution in [2.45, 2.75) is 93.5 Å². The number of primary amides is 2. The van der Waals surface area contributed by atoms with Crippen LogP contribution < -0.4 is 59.2 Å². The van der Waals surface area contributed by atoms with E-state index in [0.717, 1.165) is 15.7 Å². The second-order valence-electron chi connectivity index (χ2n) is 18.9. The van der Waals surface area contributed by atoms with Crippen LogP contribution in [0.3, 0.4) is 0 Å². The molecule has 0 radical (unpaired) electrons. The summed E-state index contributed by atoms with van der Waals surface area (Å²) in [4.78, 5) is 143. The number of carbonyl (C=O) groups excluding carboxylic acids is 10. The zero-order valence-electron chi connectivity index (χ0n) is 42.7. The van der Waals surface area contributed by atoms with Gasteiger partial charge in [0.2, 0.25) is 59.1 Å². The summed E-state index contributed by atoms with van der Waals surface area (Å²) in [5.74, 6) is -7.82. The maximum absolute atomic E-state index is 14.9. The third-order valence-corrected chi connectivity index (χ3v) is 13.0. The van der Waals surface area contributed by atoms with Crippen molar-refractivity contribution < 1.29 is 57.4 Å². The van der Waals surface area contributed by atoms with Crippen LogP contribution in [0.25, 0.3) is 10.8 Å². The second kappa shape index (κ2) is 27.9. The van der Waals surface area contributed by atoms with Crippen molar-refractivity contribution in [1.29, 1.82) is 0 Å². The highest BCUT2D eigenvalue weighted by molar-refractivity contribution is 6.00. The molecular formula is C53H66N12O12. The van der Waals surface area contributed by atoms with Gasteiger partial charge in [-0.3, -0.25) is 52.9 Å². The number of nitrogens with zero attached hydrogens (tertiary/aromatic N) is 2. The molecule has 3 aromatic carbocycles. The van der Waals surface area contributed by atoms with Gasteiger partial charge in [-0.2, -0.15) is 0 Å². The molecule has 2 fully saturated rings. The number of aromatic nitrogens is 1. The van der Waals surface area contributed by atoms with Gasteiger partial charge in [-0.15, -0.1) is 0 Å². The molecule has 2 aliphatic heterocycles. The number of ether oxygens (including phenoxy) is 2. The third kappa shape index (κ3) is 17.3. The van der Waals surface area contributed by atoms with Crippen molar-refractivity contribution in [2.24, 2.45) is 17.2 Å². The summed E-state index contributed by atoms with van der Waals surface area (Å²) in [7, 11) is 1.29. The predicted molar refractivity (Wildman–Crippen MR) is 278 cm³/mol. The van der Waals surface area contributed by atoms with Gasteiger partial charge in [0, 0.05) is 90.7 Å². The zero-order valence-corrected chi connectivity index (χ0v) is 42.7. The molecular weight excluding hydrogens is 997 g/mol. The van der Waals surface area contributed by atoms with Crippen molar-refractivity contribution in [3.63, 3.8) is 0 Å². The van der Waals surface area contributed by atoms with Gasteiger partial charge < -0.3 is 68.8 Å². The maximum Gasteiger partial charge on any atom is 0.246 e. The molecule has 6 rings (SSSR count). The summed E-state index contributed by atoms with van der Waals surface area (Å²) in [6.45, 7) is -0.170. The molecule has 1 spiro atoms. The van der Waals surface area contributed by atoms with E-state index in [9.17, 15) is 47.9 Å². The summed E-state index contributed by atoms with van der Waals surface area (Å²) in [5.41, 5.74) is 16.5. The molecule has 0 aliphatic carbocycles. The van der Waals surface area contributed by atoms with Crippen LogP contribution in [-0.2, 0) is 71.9 Å². The van der Waals surface area contributed by atoms with Crippen molar-refractivity contribution in [3.05, 3.63) is 108 Å². The summed E-state index contributed by atoms with van der Waals surface area (Å²) < 4.78 is 11.2. The van der Waals surface area contributed by atoms with E-state index in [1.165, 1.54) is 19.4 Å². The fraction of sp³-hybridized carbons (Fsp3) is 0.415. The van der Waals surface area contributed by atoms with Crippen LogP contribution >= 0.6 is 0 Å². The largest absolute Gasteiger partial charge is 0.492 e. The van der Waals surface area contributed by atoms with Crippen molar-refractivity contribution in [2.75, 3.05) is 46.5 Å². The Morgan fingerprint density at radius 3 is 2.17 bits per heavy atom. The normalized spacial score (nSPS) is 19.3. The number of carbonyl (C=O) groups is 10. The van der Waals surface area contributed by atoms with Crippen LogP contribution in [0.4, 0.5) is 0 Å². The first-order chi connectivity index (χ1) is 36.9. The first-order valence-corrected chi connectivity index (χ1v) is 25.2. The molecule has 410 valence electrons. The second-order valence-corrected chi connectivity index (χ2v) is 18.9. The highest BCUT2D eigenvalue weighted by Gasteiger charge is 2.45. The van der Waals surface area contributed by atoms with Gasteiger partial charge in [0.25, 0.3) is 0 Å². The lowest BCUT2D eigenvalue weighted by Crippen LogP contribution is -2.67. The Hall–Kier alpha value is -8.51. The van der Waals surface area contributed by atoms with Crippen LogP contribution in [0, 0.1) is 0 Å². The molecule has 10 amide bonds. The Kier molecular flexibility index (Phi) is 20.9. The third-order valence-electron chi connectivity index (χ3n) is 13.0. The number of pyridine rings is 1. The molecule has 1 aromatic heterocycles. The number of nitrogens with one attached hydrogen (secondary N) is 7. The molecule has 13 N–H and O–H groups in total. The van der Waals surface area contributed by atoms with Crippen molar-refractivity contribution in [3.8, 4) is 5.75 Å². The monoisotopic (exact) mass is 1060 g/mol. The number of hydrogen-bond donors (Lipinski definition) is 10. The zero-order chi connectivity index (χ0) is 55.5. The first kappa shape index (κ1) is 57.8. The Bertz CT molecular complexity index is 2770. The Labute approximate surface area is 444 Å². The number of benzene rings is 3. The number of hydrogen-bond acceptors (Lipinski definition) is 14. The molecule has 0 saturated carbocycles. The van der Waals surface area contributed by atoms with Gasteiger partial charge >= 0.3 is 0 Å². The Morgan fingerprint density at radius 2 is 1.48 bits per heavy atom. The molecule has 2 saturated heterocycles. The summed E-state index contributed by atoms with van der Waals surface area (Å²) in [6, 6.07) is 15.9. The van der Waals surface area contributed by atoms with Crippen LogP contribution in [0.2, 0.25) is 0 Å². The fourth-order valence-corrected chi connectivity index (χ4v) is 8.88. The maximum atomic E-state index is 14.9. The molecule has 5 atom stereocenters. The molecule has 77 heavy (non-hydrogen) atoms. The summed E-state index contributed by atoms with van der Waals surface area (Å²) >= 11 is 0. The van der Waals surface area contributed by atoms with Gasteiger partial charge in [0.15, 0.2) is 0 Å². The SMILES string of the molecule is CN(CC(N)=O)C(=O)[C@H](Cc1cccnc1)NC(=O)[C@H](CC(N)=O)NC(=O)[C@@H]1CCC(=O)NCCC(=O)N[C@@H](Cc2ccc(OCCN)cc2)C(=O)N[C@@H](Cc2ccc3ccccc3c2)C(=O)NC2(CCOCC2)C(=O)N1. The van der Waals surface area contributed by atoms with E-state index in [1.54, 1.807) is 36.4 Å². The topological polar surface area (TPSA) is 368 Å². The number of fused-ring (bicyclic) bond motifs is 1. The summed E-state index contributed by atoms with van der Waals surface area (Å²) in [5, 5.41) is 20.5. The number of nitrogens with two attached hydrogens (primary N) is 3. The Morgan fingerprint density at radius 1 is 0.779 bits per heavy atom. The van der Waals surface area contributed by atoms with E-state index in [2.05, 4.69) is 42.2 Å². The van der Waals surface area contributed by atoms with Crippen LogP contribution in [0.15, 0.2) is 91.3 Å². The molecule has 24 nitrogen and oxygen atoms in total. The number of amides is 10. The lowest BCUT2D eigenvalue weighted by atomic mass is 9.87. The smallest absolute Gasteiger partial charge is 0.246 e. The molecule has 0 bridgehead atoms. The lowest BCUT2D eigenvalue weighted by Gasteiger charge is -2.38. The van der Waals surface area contributed by atoms with Crippen LogP contribution in [0.5, 0.6) is 5.75 Å². The predicted octanol–water partition coefficient (Wildman–Crippen LogP) is -2.19. The number of rotatable bonds is 18. The molecule has 0 unspecified atom stereocenters. The highest BCUT2D eigenvalue weighted by Crippen LogP contribution is 2.24. The Balaban J connectivity index is 1.31. The van der Waals surface area contributed by atoms with Gasteiger partial charge in [0.05, 0.1) is 13.0 Å². The summed E-state index contributed by atoms with van der Waals surface area (Å²) in [6.07, 6.45) is 0.600. The van der Waals surface area contributed by atoms with E-state index < -0.39 is 121 Å².